The van der Waals surface area contributed by atoms with Gasteiger partial charge in [-0.3, -0.25) is 9.36 Å². The van der Waals surface area contributed by atoms with E-state index in [0.29, 0.717) is 18.7 Å². The third-order valence-corrected chi connectivity index (χ3v) is 8.66. The normalized spacial score (nSPS) is 16.5. The molecule has 0 amide bonds. The molecule has 0 radical (unpaired) electrons. The first-order valence-corrected chi connectivity index (χ1v) is 13.7. The molecule has 1 aromatic heterocycles. The van der Waals surface area contributed by atoms with Gasteiger partial charge in [0.15, 0.2) is 16.3 Å². The van der Waals surface area contributed by atoms with Crippen LogP contribution in [-0.2, 0) is 6.42 Å². The predicted octanol–water partition coefficient (Wildman–Crippen LogP) is 4.65. The number of fused-ring (bicyclic) bond motifs is 3. The molecule has 1 aliphatic heterocycles. The van der Waals surface area contributed by atoms with Crippen LogP contribution in [0.4, 0.5) is 0 Å². The molecule has 1 unspecified atom stereocenters. The van der Waals surface area contributed by atoms with Crippen molar-refractivity contribution in [3.05, 3.63) is 112 Å². The zero-order chi connectivity index (χ0) is 25.7. The molecule has 37 heavy (non-hydrogen) atoms. The fraction of sp³-hybridized carbons (Fsp3) is 0.172. The van der Waals surface area contributed by atoms with Crippen molar-refractivity contribution < 1.29 is 14.6 Å². The first-order valence-electron chi connectivity index (χ1n) is 11.8. The molecule has 2 aliphatic rings. The van der Waals surface area contributed by atoms with E-state index < -0.39 is 0 Å². The van der Waals surface area contributed by atoms with Crippen molar-refractivity contribution in [2.45, 2.75) is 18.9 Å². The van der Waals surface area contributed by atoms with Crippen LogP contribution in [0.25, 0.3) is 11.8 Å². The predicted molar refractivity (Wildman–Crippen MR) is 153 cm³/mol. The van der Waals surface area contributed by atoms with E-state index in [1.807, 2.05) is 47.0 Å². The van der Waals surface area contributed by atoms with Crippen molar-refractivity contribution in [2.75, 3.05) is 14.2 Å². The minimum Gasteiger partial charge on any atom is -0.504 e. The van der Waals surface area contributed by atoms with Crippen LogP contribution in [0.3, 0.4) is 0 Å². The molecular formula is C29H23IN2O4S. The molecule has 0 fully saturated rings. The summed E-state index contributed by atoms with van der Waals surface area (Å²) in [6.45, 7) is 0. The number of rotatable bonds is 4. The summed E-state index contributed by atoms with van der Waals surface area (Å²) in [7, 11) is 3.17. The molecule has 1 atom stereocenters. The number of halogens is 1. The lowest BCUT2D eigenvalue weighted by atomic mass is 9.83. The minimum absolute atomic E-state index is 0.0890. The zero-order valence-electron chi connectivity index (χ0n) is 20.2. The molecule has 8 heteroatoms. The number of hydrogen-bond donors (Lipinski definition) is 1. The van der Waals surface area contributed by atoms with Gasteiger partial charge in [0, 0.05) is 5.56 Å². The van der Waals surface area contributed by atoms with Crippen molar-refractivity contribution in [3.8, 4) is 17.2 Å². The molecule has 0 bridgehead atoms. The lowest BCUT2D eigenvalue weighted by molar-refractivity contribution is 0.371. The van der Waals surface area contributed by atoms with Gasteiger partial charge < -0.3 is 14.6 Å². The van der Waals surface area contributed by atoms with Gasteiger partial charge in [0.2, 0.25) is 0 Å². The summed E-state index contributed by atoms with van der Waals surface area (Å²) in [4.78, 5) is 19.7. The van der Waals surface area contributed by atoms with Crippen molar-refractivity contribution in [2.24, 2.45) is 4.99 Å². The Morgan fingerprint density at radius 3 is 2.73 bits per heavy atom. The molecular weight excluding hydrogens is 599 g/mol. The zero-order valence-corrected chi connectivity index (χ0v) is 23.2. The number of hydrogen-bond acceptors (Lipinski definition) is 6. The molecule has 6 rings (SSSR count). The molecule has 2 heterocycles. The number of thiazole rings is 1. The van der Waals surface area contributed by atoms with E-state index in [2.05, 4.69) is 40.8 Å². The first kappa shape index (κ1) is 24.0. The Labute approximate surface area is 231 Å². The second-order valence-corrected chi connectivity index (χ2v) is 11.1. The van der Waals surface area contributed by atoms with Gasteiger partial charge in [0.25, 0.3) is 5.56 Å². The fourth-order valence-corrected chi connectivity index (χ4v) is 6.74. The number of phenols is 1. The number of aromatic nitrogens is 1. The molecule has 1 N–H and O–H groups in total. The van der Waals surface area contributed by atoms with Crippen molar-refractivity contribution in [1.29, 1.82) is 0 Å². The van der Waals surface area contributed by atoms with Crippen LogP contribution < -0.4 is 24.4 Å². The number of nitrogens with zero attached hydrogens (tertiary/aromatic N) is 2. The van der Waals surface area contributed by atoms with Crippen LogP contribution in [0.5, 0.6) is 17.2 Å². The molecule has 0 spiro atoms. The molecule has 1 aliphatic carbocycles. The Morgan fingerprint density at radius 2 is 1.92 bits per heavy atom. The summed E-state index contributed by atoms with van der Waals surface area (Å²) in [5.41, 5.74) is 6.19. The monoisotopic (exact) mass is 622 g/mol. The topological polar surface area (TPSA) is 73.1 Å². The van der Waals surface area contributed by atoms with Gasteiger partial charge in [0.05, 0.1) is 34.1 Å². The summed E-state index contributed by atoms with van der Waals surface area (Å²) in [5, 5.41) is 10.2. The van der Waals surface area contributed by atoms with Gasteiger partial charge in [-0.1, -0.05) is 47.7 Å². The smallest absolute Gasteiger partial charge is 0.271 e. The summed E-state index contributed by atoms with van der Waals surface area (Å²) in [6.07, 6.45) is 3.57. The van der Waals surface area contributed by atoms with Crippen molar-refractivity contribution in [1.82, 2.24) is 4.57 Å². The number of ether oxygens (including phenoxy) is 2. The molecule has 3 aromatic carbocycles. The van der Waals surface area contributed by atoms with Gasteiger partial charge >= 0.3 is 0 Å². The maximum atomic E-state index is 13.9. The first-order chi connectivity index (χ1) is 18.0. The second kappa shape index (κ2) is 9.50. The number of aryl methyl sites for hydroxylation is 1. The van der Waals surface area contributed by atoms with Crippen LogP contribution in [0.2, 0.25) is 0 Å². The highest BCUT2D eigenvalue weighted by molar-refractivity contribution is 14.1. The Balaban J connectivity index is 1.61. The second-order valence-electron chi connectivity index (χ2n) is 8.94. The summed E-state index contributed by atoms with van der Waals surface area (Å²) < 4.78 is 13.9. The number of phenolic OH excluding ortho intramolecular Hbond substituents is 1. The lowest BCUT2D eigenvalue weighted by Crippen LogP contribution is -2.38. The Kier molecular flexibility index (Phi) is 6.16. The Bertz CT molecular complexity index is 1770. The van der Waals surface area contributed by atoms with E-state index in [9.17, 15) is 9.90 Å². The van der Waals surface area contributed by atoms with E-state index in [1.54, 1.807) is 13.2 Å². The van der Waals surface area contributed by atoms with Crippen LogP contribution in [-0.4, -0.2) is 23.9 Å². The number of aromatic hydroxyl groups is 1. The molecule has 0 saturated heterocycles. The standard InChI is InChI=1S/C29H23IN2O4S/c1-35-19-8-5-7-18(15-19)26-21-11-10-17-6-3-4-9-20(17)25(21)31-29-32(26)28(34)24(37-29)14-16-12-22(30)27(33)23(13-16)36-2/h3-9,12-15,26,33H,10-11H2,1-2H3/b24-14-. The van der Waals surface area contributed by atoms with Gasteiger partial charge in [-0.2, -0.15) is 0 Å². The van der Waals surface area contributed by atoms with E-state index in [-0.39, 0.29) is 17.4 Å². The molecule has 186 valence electrons. The van der Waals surface area contributed by atoms with Crippen LogP contribution in [0.1, 0.15) is 34.7 Å². The van der Waals surface area contributed by atoms with Crippen LogP contribution >= 0.6 is 33.9 Å². The number of benzene rings is 3. The molecule has 6 nitrogen and oxygen atoms in total. The number of methoxy groups -OCH3 is 2. The molecule has 4 aromatic rings. The van der Waals surface area contributed by atoms with E-state index in [4.69, 9.17) is 14.5 Å². The van der Waals surface area contributed by atoms with E-state index in [0.717, 1.165) is 46.6 Å². The Morgan fingerprint density at radius 1 is 1.08 bits per heavy atom. The minimum atomic E-state index is -0.272. The third kappa shape index (κ3) is 4.08. The van der Waals surface area contributed by atoms with E-state index >= 15 is 0 Å². The fourth-order valence-electron chi connectivity index (χ4n) is 5.12. The highest BCUT2D eigenvalue weighted by Gasteiger charge is 2.32. The highest BCUT2D eigenvalue weighted by atomic mass is 127. The summed E-state index contributed by atoms with van der Waals surface area (Å²) in [5.74, 6) is 1.21. The van der Waals surface area contributed by atoms with Crippen molar-refractivity contribution >= 4 is 45.7 Å². The maximum Gasteiger partial charge on any atom is 0.271 e. The summed E-state index contributed by atoms with van der Waals surface area (Å²) in [6, 6.07) is 19.6. The lowest BCUT2D eigenvalue weighted by Gasteiger charge is -2.31. The van der Waals surface area contributed by atoms with Gasteiger partial charge in [0.1, 0.15) is 5.75 Å². The SMILES string of the molecule is COc1cccc(C2C3=C(N=c4s/c(=C\c5cc(I)c(O)c(OC)c5)c(=O)n42)c2ccccc2CC3)c1. The average Bonchev–Trinajstić information content (AvgIpc) is 3.23. The largest absolute Gasteiger partial charge is 0.504 e. The van der Waals surface area contributed by atoms with Crippen molar-refractivity contribution in [3.63, 3.8) is 0 Å². The van der Waals surface area contributed by atoms with Crippen LogP contribution in [0, 0.1) is 3.57 Å². The molecule has 0 saturated carbocycles. The van der Waals surface area contributed by atoms with Gasteiger partial charge in [-0.15, -0.1) is 0 Å². The summed E-state index contributed by atoms with van der Waals surface area (Å²) >= 11 is 3.44. The quantitative estimate of drug-likeness (QED) is 0.337. The van der Waals surface area contributed by atoms with Gasteiger partial charge in [-0.25, -0.2) is 4.99 Å². The number of allylic oxidation sites excluding steroid dienone is 1. The average molecular weight is 622 g/mol. The van der Waals surface area contributed by atoms with E-state index in [1.165, 1.54) is 24.0 Å². The van der Waals surface area contributed by atoms with Gasteiger partial charge in [-0.05, 0) is 88.0 Å². The third-order valence-electron chi connectivity index (χ3n) is 6.85. The van der Waals surface area contributed by atoms with Crippen LogP contribution in [0.15, 0.2) is 76.0 Å². The maximum absolute atomic E-state index is 13.9. The highest BCUT2D eigenvalue weighted by Crippen LogP contribution is 2.41. The Hall–Kier alpha value is -3.37.